The van der Waals surface area contributed by atoms with Crippen molar-refractivity contribution in [2.24, 2.45) is 0 Å². The molecule has 3 rings (SSSR count). The van der Waals surface area contributed by atoms with E-state index in [1.165, 1.54) is 10.9 Å². The maximum absolute atomic E-state index is 12.5. The molecule has 0 aromatic heterocycles. The van der Waals surface area contributed by atoms with Crippen LogP contribution < -0.4 is 5.32 Å². The van der Waals surface area contributed by atoms with Gasteiger partial charge in [0.15, 0.2) is 5.78 Å². The van der Waals surface area contributed by atoms with Gasteiger partial charge in [0.2, 0.25) is 0 Å². The normalized spacial score (nSPS) is 19.3. The number of hydrogen-bond donors (Lipinski definition) is 1. The van der Waals surface area contributed by atoms with Crippen LogP contribution in [-0.4, -0.2) is 18.4 Å². The third-order valence-electron chi connectivity index (χ3n) is 3.78. The van der Waals surface area contributed by atoms with Crippen molar-refractivity contribution in [1.82, 2.24) is 5.32 Å². The van der Waals surface area contributed by atoms with E-state index in [-0.39, 0.29) is 11.8 Å². The van der Waals surface area contributed by atoms with Crippen LogP contribution >= 0.6 is 0 Å². The maximum atomic E-state index is 12.5. The Bertz CT molecular complexity index is 597. The molecule has 1 aliphatic rings. The van der Waals surface area contributed by atoms with Gasteiger partial charge in [0, 0.05) is 5.56 Å². The predicted octanol–water partition coefficient (Wildman–Crippen LogP) is 3.08. The summed E-state index contributed by atoms with van der Waals surface area (Å²) in [6.45, 7) is 3.05. The molecule has 1 atom stereocenters. The van der Waals surface area contributed by atoms with E-state index in [0.717, 1.165) is 30.3 Å². The minimum Gasteiger partial charge on any atom is -0.307 e. The highest BCUT2D eigenvalue weighted by Crippen LogP contribution is 2.24. The van der Waals surface area contributed by atoms with Crippen molar-refractivity contribution >= 4 is 16.6 Å². The first-order valence-corrected chi connectivity index (χ1v) is 6.53. The molecule has 0 aliphatic carbocycles. The third-order valence-corrected chi connectivity index (χ3v) is 3.78. The van der Waals surface area contributed by atoms with Crippen LogP contribution in [0.25, 0.3) is 10.8 Å². The highest BCUT2D eigenvalue weighted by molar-refractivity contribution is 6.11. The van der Waals surface area contributed by atoms with Crippen molar-refractivity contribution in [3.8, 4) is 0 Å². The quantitative estimate of drug-likeness (QED) is 0.816. The molecule has 0 amide bonds. The molecule has 0 saturated carbocycles. The largest absolute Gasteiger partial charge is 0.307 e. The molecule has 0 bridgehead atoms. The molecule has 1 aliphatic heterocycles. The first kappa shape index (κ1) is 11.4. The lowest BCUT2D eigenvalue weighted by Crippen LogP contribution is -2.30. The summed E-state index contributed by atoms with van der Waals surface area (Å²) in [7, 11) is 0. The van der Waals surface area contributed by atoms with Crippen LogP contribution in [0.5, 0.6) is 0 Å². The van der Waals surface area contributed by atoms with Gasteiger partial charge in [-0.05, 0) is 42.6 Å². The summed E-state index contributed by atoms with van der Waals surface area (Å²) in [4.78, 5) is 12.5. The van der Waals surface area contributed by atoms with Crippen LogP contribution in [0.15, 0.2) is 36.4 Å². The zero-order valence-corrected chi connectivity index (χ0v) is 10.6. The smallest absolute Gasteiger partial charge is 0.180 e. The third kappa shape index (κ3) is 1.83. The Hall–Kier alpha value is -1.67. The molecule has 92 valence electrons. The van der Waals surface area contributed by atoms with Crippen molar-refractivity contribution in [3.63, 3.8) is 0 Å². The van der Waals surface area contributed by atoms with Crippen LogP contribution in [0.2, 0.25) is 0 Å². The Morgan fingerprint density at radius 2 is 1.94 bits per heavy atom. The van der Waals surface area contributed by atoms with Gasteiger partial charge in [-0.1, -0.05) is 36.4 Å². The minimum atomic E-state index is 0.0103. The van der Waals surface area contributed by atoms with Crippen molar-refractivity contribution in [2.45, 2.75) is 25.8 Å². The number of carbonyl (C=O) groups is 1. The van der Waals surface area contributed by atoms with Crippen LogP contribution in [0.3, 0.4) is 0 Å². The van der Waals surface area contributed by atoms with Crippen LogP contribution in [0.4, 0.5) is 0 Å². The predicted molar refractivity (Wildman–Crippen MR) is 74.0 cm³/mol. The van der Waals surface area contributed by atoms with Gasteiger partial charge in [-0.15, -0.1) is 0 Å². The molecule has 18 heavy (non-hydrogen) atoms. The average Bonchev–Trinajstić information content (AvgIpc) is 2.93. The van der Waals surface area contributed by atoms with Gasteiger partial charge in [-0.3, -0.25) is 4.79 Å². The molecular weight excluding hydrogens is 222 g/mol. The molecule has 0 spiro atoms. The zero-order valence-electron chi connectivity index (χ0n) is 10.6. The molecule has 2 nitrogen and oxygen atoms in total. The SMILES string of the molecule is Cc1ccc(C(=O)C2CCCN2)c2ccccc12. The lowest BCUT2D eigenvalue weighted by atomic mass is 9.94. The fourth-order valence-electron chi connectivity index (χ4n) is 2.76. The highest BCUT2D eigenvalue weighted by Gasteiger charge is 2.24. The topological polar surface area (TPSA) is 29.1 Å². The van der Waals surface area contributed by atoms with Gasteiger partial charge in [0.05, 0.1) is 6.04 Å². The molecule has 1 N–H and O–H groups in total. The molecular formula is C16H17NO. The summed E-state index contributed by atoms with van der Waals surface area (Å²) < 4.78 is 0. The molecule has 1 saturated heterocycles. The summed E-state index contributed by atoms with van der Waals surface area (Å²) in [5.74, 6) is 0.240. The van der Waals surface area contributed by atoms with Crippen LogP contribution in [0, 0.1) is 6.92 Å². The number of fused-ring (bicyclic) bond motifs is 1. The van der Waals surface area contributed by atoms with Crippen molar-refractivity contribution in [1.29, 1.82) is 0 Å². The summed E-state index contributed by atoms with van der Waals surface area (Å²) in [5.41, 5.74) is 2.08. The molecule has 1 unspecified atom stereocenters. The number of rotatable bonds is 2. The van der Waals surface area contributed by atoms with E-state index >= 15 is 0 Å². The van der Waals surface area contributed by atoms with Crippen molar-refractivity contribution < 1.29 is 4.79 Å². The summed E-state index contributed by atoms with van der Waals surface area (Å²) in [5, 5.41) is 5.55. The number of benzene rings is 2. The molecule has 2 aromatic carbocycles. The van der Waals surface area contributed by atoms with E-state index in [2.05, 4.69) is 18.3 Å². The van der Waals surface area contributed by atoms with Gasteiger partial charge < -0.3 is 5.32 Å². The van der Waals surface area contributed by atoms with Gasteiger partial charge in [0.1, 0.15) is 0 Å². The first-order chi connectivity index (χ1) is 8.77. The Morgan fingerprint density at radius 1 is 1.17 bits per heavy atom. The van der Waals surface area contributed by atoms with Gasteiger partial charge >= 0.3 is 0 Å². The fourth-order valence-corrected chi connectivity index (χ4v) is 2.76. The lowest BCUT2D eigenvalue weighted by molar-refractivity contribution is 0.0954. The second kappa shape index (κ2) is 4.54. The van der Waals surface area contributed by atoms with Gasteiger partial charge in [-0.2, -0.15) is 0 Å². The number of nitrogens with one attached hydrogen (secondary N) is 1. The Balaban J connectivity index is 2.11. The molecule has 1 fully saturated rings. The van der Waals surface area contributed by atoms with E-state index in [4.69, 9.17) is 0 Å². The summed E-state index contributed by atoms with van der Waals surface area (Å²) >= 11 is 0. The van der Waals surface area contributed by atoms with Crippen LogP contribution in [-0.2, 0) is 0 Å². The van der Waals surface area contributed by atoms with E-state index < -0.39 is 0 Å². The monoisotopic (exact) mass is 239 g/mol. The standard InChI is InChI=1S/C16H17NO/c1-11-8-9-14(13-6-3-2-5-12(11)13)16(18)15-7-4-10-17-15/h2-3,5-6,8-9,15,17H,4,7,10H2,1H3. The van der Waals surface area contributed by atoms with Gasteiger partial charge in [-0.25, -0.2) is 0 Å². The van der Waals surface area contributed by atoms with Crippen LogP contribution in [0.1, 0.15) is 28.8 Å². The highest BCUT2D eigenvalue weighted by atomic mass is 16.1. The number of ketones is 1. The fraction of sp³-hybridized carbons (Fsp3) is 0.312. The summed E-state index contributed by atoms with van der Waals surface area (Å²) in [6, 6.07) is 12.2. The Kier molecular flexibility index (Phi) is 2.88. The number of hydrogen-bond acceptors (Lipinski definition) is 2. The summed E-state index contributed by atoms with van der Waals surface area (Å²) in [6.07, 6.45) is 2.06. The van der Waals surface area contributed by atoms with E-state index in [1.807, 2.05) is 30.3 Å². The van der Waals surface area contributed by atoms with Crippen molar-refractivity contribution in [3.05, 3.63) is 47.5 Å². The molecule has 2 heteroatoms. The Morgan fingerprint density at radius 3 is 2.67 bits per heavy atom. The first-order valence-electron chi connectivity index (χ1n) is 6.53. The zero-order chi connectivity index (χ0) is 12.5. The van der Waals surface area contributed by atoms with E-state index in [1.54, 1.807) is 0 Å². The molecule has 0 radical (unpaired) electrons. The molecule has 1 heterocycles. The second-order valence-corrected chi connectivity index (χ2v) is 4.99. The Labute approximate surface area is 107 Å². The molecule has 2 aromatic rings. The van der Waals surface area contributed by atoms with E-state index in [0.29, 0.717) is 0 Å². The number of carbonyl (C=O) groups excluding carboxylic acids is 1. The minimum absolute atomic E-state index is 0.0103. The second-order valence-electron chi connectivity index (χ2n) is 4.99. The van der Waals surface area contributed by atoms with E-state index in [9.17, 15) is 4.79 Å². The lowest BCUT2D eigenvalue weighted by Gasteiger charge is -2.12. The maximum Gasteiger partial charge on any atom is 0.180 e. The van der Waals surface area contributed by atoms with Crippen molar-refractivity contribution in [2.75, 3.05) is 6.54 Å². The average molecular weight is 239 g/mol. The van der Waals surface area contributed by atoms with Gasteiger partial charge in [0.25, 0.3) is 0 Å². The number of Topliss-reactive ketones (excluding diaryl/α,β-unsaturated/α-hetero) is 1. The number of aryl methyl sites for hydroxylation is 1.